The Hall–Kier alpha value is -1.84. The van der Waals surface area contributed by atoms with E-state index in [1.165, 1.54) is 11.1 Å². The van der Waals surface area contributed by atoms with Crippen molar-refractivity contribution >= 4 is 29.9 Å². The second-order valence-electron chi connectivity index (χ2n) is 7.82. The van der Waals surface area contributed by atoms with Crippen LogP contribution >= 0.6 is 24.0 Å². The van der Waals surface area contributed by atoms with Crippen molar-refractivity contribution in [1.82, 2.24) is 15.1 Å². The SMILES string of the molecule is CCOc1cccc(CNC(=NC)N2CC3OCCN(Cc4ccccc4)C3C2)c1.I. The first kappa shape index (κ1) is 23.8. The van der Waals surface area contributed by atoms with Crippen LogP contribution < -0.4 is 10.1 Å². The molecule has 2 atom stereocenters. The zero-order valence-corrected chi connectivity index (χ0v) is 20.7. The van der Waals surface area contributed by atoms with Gasteiger partial charge in [-0.15, -0.1) is 24.0 Å². The lowest BCUT2D eigenvalue weighted by atomic mass is 10.1. The molecule has 0 aliphatic carbocycles. The van der Waals surface area contributed by atoms with Gasteiger partial charge in [-0.2, -0.15) is 0 Å². The monoisotopic (exact) mass is 536 g/mol. The van der Waals surface area contributed by atoms with E-state index >= 15 is 0 Å². The van der Waals surface area contributed by atoms with E-state index in [2.05, 4.69) is 62.6 Å². The predicted octanol–water partition coefficient (Wildman–Crippen LogP) is 3.36. The zero-order valence-electron chi connectivity index (χ0n) is 18.4. The van der Waals surface area contributed by atoms with Gasteiger partial charge in [0.25, 0.3) is 0 Å². The van der Waals surface area contributed by atoms with Crippen LogP contribution in [0, 0.1) is 0 Å². The lowest BCUT2D eigenvalue weighted by Crippen LogP contribution is -2.50. The Morgan fingerprint density at radius 2 is 1.94 bits per heavy atom. The summed E-state index contributed by atoms with van der Waals surface area (Å²) in [6.07, 6.45) is 0.224. The summed E-state index contributed by atoms with van der Waals surface area (Å²) in [5.74, 6) is 1.83. The van der Waals surface area contributed by atoms with Crippen LogP contribution in [0.15, 0.2) is 59.6 Å². The molecule has 0 radical (unpaired) electrons. The maximum absolute atomic E-state index is 6.12. The van der Waals surface area contributed by atoms with Crippen LogP contribution in [0.25, 0.3) is 0 Å². The van der Waals surface area contributed by atoms with Crippen LogP contribution in [0.4, 0.5) is 0 Å². The topological polar surface area (TPSA) is 49.3 Å². The summed E-state index contributed by atoms with van der Waals surface area (Å²) in [5, 5.41) is 3.52. The molecule has 0 aromatic heterocycles. The van der Waals surface area contributed by atoms with E-state index in [1.54, 1.807) is 0 Å². The summed E-state index contributed by atoms with van der Waals surface area (Å²) in [7, 11) is 1.85. The lowest BCUT2D eigenvalue weighted by molar-refractivity contribution is -0.0502. The highest BCUT2D eigenvalue weighted by molar-refractivity contribution is 14.0. The minimum atomic E-state index is 0. The van der Waals surface area contributed by atoms with Crippen molar-refractivity contribution in [3.8, 4) is 5.75 Å². The lowest BCUT2D eigenvalue weighted by Gasteiger charge is -2.36. The number of nitrogens with zero attached hydrogens (tertiary/aromatic N) is 3. The maximum Gasteiger partial charge on any atom is 0.194 e. The Morgan fingerprint density at radius 3 is 2.71 bits per heavy atom. The summed E-state index contributed by atoms with van der Waals surface area (Å²) in [4.78, 5) is 9.42. The number of guanidine groups is 1. The Bertz CT molecular complexity index is 848. The molecule has 2 heterocycles. The first-order chi connectivity index (χ1) is 14.8. The first-order valence-electron chi connectivity index (χ1n) is 10.8. The van der Waals surface area contributed by atoms with Gasteiger partial charge in [-0.1, -0.05) is 42.5 Å². The van der Waals surface area contributed by atoms with Crippen LogP contribution in [-0.2, 0) is 17.8 Å². The molecule has 0 bridgehead atoms. The normalized spacial score (nSPS) is 21.4. The van der Waals surface area contributed by atoms with E-state index in [1.807, 2.05) is 26.1 Å². The van der Waals surface area contributed by atoms with E-state index in [0.29, 0.717) is 19.2 Å². The van der Waals surface area contributed by atoms with Gasteiger partial charge in [0.2, 0.25) is 0 Å². The molecule has 2 aliphatic heterocycles. The number of fused-ring (bicyclic) bond motifs is 1. The van der Waals surface area contributed by atoms with Gasteiger partial charge in [-0.25, -0.2) is 0 Å². The van der Waals surface area contributed by atoms with E-state index in [-0.39, 0.29) is 30.1 Å². The van der Waals surface area contributed by atoms with Crippen LogP contribution in [0.2, 0.25) is 0 Å². The number of hydrogen-bond acceptors (Lipinski definition) is 4. The van der Waals surface area contributed by atoms with Crippen LogP contribution in [0.5, 0.6) is 5.75 Å². The second kappa shape index (κ2) is 11.7. The highest BCUT2D eigenvalue weighted by Crippen LogP contribution is 2.25. The van der Waals surface area contributed by atoms with Gasteiger partial charge in [0.15, 0.2) is 5.96 Å². The van der Waals surface area contributed by atoms with Crippen molar-refractivity contribution in [3.63, 3.8) is 0 Å². The van der Waals surface area contributed by atoms with Crippen LogP contribution in [0.3, 0.4) is 0 Å². The van der Waals surface area contributed by atoms with Crippen molar-refractivity contribution in [3.05, 3.63) is 65.7 Å². The highest BCUT2D eigenvalue weighted by Gasteiger charge is 2.41. The molecule has 0 saturated carbocycles. The second-order valence-corrected chi connectivity index (χ2v) is 7.82. The van der Waals surface area contributed by atoms with Gasteiger partial charge >= 0.3 is 0 Å². The molecule has 0 amide bonds. The Labute approximate surface area is 202 Å². The molecule has 2 aromatic rings. The minimum absolute atomic E-state index is 0. The van der Waals surface area contributed by atoms with Gasteiger partial charge in [0.1, 0.15) is 5.75 Å². The fraction of sp³-hybridized carbons (Fsp3) is 0.458. The van der Waals surface area contributed by atoms with Gasteiger partial charge < -0.3 is 19.7 Å². The molecule has 6 nitrogen and oxygen atoms in total. The van der Waals surface area contributed by atoms with Crippen molar-refractivity contribution in [2.24, 2.45) is 4.99 Å². The predicted molar refractivity (Wildman–Crippen MR) is 135 cm³/mol. The third-order valence-corrected chi connectivity index (χ3v) is 5.82. The van der Waals surface area contributed by atoms with Crippen molar-refractivity contribution < 1.29 is 9.47 Å². The average molecular weight is 536 g/mol. The number of ether oxygens (including phenoxy) is 2. The maximum atomic E-state index is 6.12. The van der Waals surface area contributed by atoms with Crippen molar-refractivity contribution in [2.75, 3.05) is 39.9 Å². The number of likely N-dealkylation sites (tertiary alicyclic amines) is 1. The van der Waals surface area contributed by atoms with Crippen LogP contribution in [0.1, 0.15) is 18.1 Å². The molecule has 0 spiro atoms. The largest absolute Gasteiger partial charge is 0.494 e. The molecule has 2 fully saturated rings. The summed E-state index contributed by atoms with van der Waals surface area (Å²) in [6, 6.07) is 19.3. The highest BCUT2D eigenvalue weighted by atomic mass is 127. The summed E-state index contributed by atoms with van der Waals surface area (Å²) >= 11 is 0. The van der Waals surface area contributed by atoms with Crippen LogP contribution in [-0.4, -0.2) is 67.8 Å². The fourth-order valence-corrected chi connectivity index (χ4v) is 4.37. The van der Waals surface area contributed by atoms with Gasteiger partial charge in [0, 0.05) is 39.8 Å². The minimum Gasteiger partial charge on any atom is -0.494 e. The van der Waals surface area contributed by atoms with E-state index < -0.39 is 0 Å². The third kappa shape index (κ3) is 6.11. The zero-order chi connectivity index (χ0) is 20.8. The molecule has 1 N–H and O–H groups in total. The summed E-state index contributed by atoms with van der Waals surface area (Å²) in [5.41, 5.74) is 2.54. The van der Waals surface area contributed by atoms with Gasteiger partial charge in [0.05, 0.1) is 25.4 Å². The number of rotatable bonds is 6. The molecule has 4 rings (SSSR count). The number of aliphatic imine (C=N–C) groups is 1. The van der Waals surface area contributed by atoms with E-state index in [9.17, 15) is 0 Å². The van der Waals surface area contributed by atoms with Gasteiger partial charge in [-0.3, -0.25) is 9.89 Å². The summed E-state index contributed by atoms with van der Waals surface area (Å²) < 4.78 is 11.7. The number of hydrogen-bond donors (Lipinski definition) is 1. The summed E-state index contributed by atoms with van der Waals surface area (Å²) in [6.45, 7) is 7.92. The van der Waals surface area contributed by atoms with Crippen molar-refractivity contribution in [2.45, 2.75) is 32.2 Å². The molecule has 2 aromatic carbocycles. The third-order valence-electron chi connectivity index (χ3n) is 5.82. The van der Waals surface area contributed by atoms with Crippen molar-refractivity contribution in [1.29, 1.82) is 0 Å². The molecule has 2 aliphatic rings. The number of benzene rings is 2. The first-order valence-corrected chi connectivity index (χ1v) is 10.8. The molecule has 2 unspecified atom stereocenters. The molecule has 31 heavy (non-hydrogen) atoms. The number of halogens is 1. The average Bonchev–Trinajstić information content (AvgIpc) is 3.21. The smallest absolute Gasteiger partial charge is 0.194 e. The van der Waals surface area contributed by atoms with E-state index in [0.717, 1.165) is 44.5 Å². The fourth-order valence-electron chi connectivity index (χ4n) is 4.37. The Balaban J connectivity index is 0.00000272. The standard InChI is InChI=1S/C24H32N4O2.HI/c1-3-29-21-11-7-10-20(14-21)15-26-24(25-2)28-17-22-23(18-28)30-13-12-27(22)16-19-8-5-4-6-9-19;/h4-11,14,22-23H,3,12-13,15-18H2,1-2H3,(H,25,26);1H. The number of nitrogens with one attached hydrogen (secondary N) is 1. The molecule has 168 valence electrons. The quantitative estimate of drug-likeness (QED) is 0.349. The Morgan fingerprint density at radius 1 is 1.13 bits per heavy atom. The van der Waals surface area contributed by atoms with E-state index in [4.69, 9.17) is 9.47 Å². The Kier molecular flexibility index (Phi) is 8.98. The molecular formula is C24H33IN4O2. The number of morpholine rings is 1. The molecule has 7 heteroatoms. The van der Waals surface area contributed by atoms with Gasteiger partial charge in [-0.05, 0) is 30.2 Å². The molecule has 2 saturated heterocycles. The molecular weight excluding hydrogens is 503 g/mol.